The minimum atomic E-state index is -0.00851. The molecule has 0 saturated heterocycles. The Hall–Kier alpha value is -1.51. The van der Waals surface area contributed by atoms with Crippen molar-refractivity contribution in [2.24, 2.45) is 10.7 Å². The van der Waals surface area contributed by atoms with Gasteiger partial charge in [-0.05, 0) is 29.4 Å². The van der Waals surface area contributed by atoms with E-state index in [4.69, 9.17) is 5.73 Å². The Labute approximate surface area is 135 Å². The van der Waals surface area contributed by atoms with Crippen LogP contribution in [0.4, 0.5) is 0 Å². The zero-order chi connectivity index (χ0) is 16.5. The molecule has 2 rings (SSSR count). The van der Waals surface area contributed by atoms with Crippen molar-refractivity contribution in [1.29, 1.82) is 0 Å². The molecule has 0 amide bonds. The summed E-state index contributed by atoms with van der Waals surface area (Å²) in [6.45, 7) is 11.9. The van der Waals surface area contributed by atoms with Crippen molar-refractivity contribution < 1.29 is 0 Å². The smallest absolute Gasteiger partial charge is 0.191 e. The first-order valence-electron chi connectivity index (χ1n) is 8.25. The lowest BCUT2D eigenvalue weighted by molar-refractivity contribution is 0.476. The molecule has 122 valence electrons. The summed E-state index contributed by atoms with van der Waals surface area (Å²) in [5.41, 5.74) is 8.96. The van der Waals surface area contributed by atoms with Crippen LogP contribution in [0, 0.1) is 0 Å². The van der Waals surface area contributed by atoms with Crippen LogP contribution in [0.1, 0.15) is 58.6 Å². The molecule has 1 aliphatic carbocycles. The summed E-state index contributed by atoms with van der Waals surface area (Å²) >= 11 is 0. The van der Waals surface area contributed by atoms with E-state index < -0.39 is 0 Å². The van der Waals surface area contributed by atoms with Gasteiger partial charge in [0.15, 0.2) is 5.96 Å². The molecule has 3 nitrogen and oxygen atoms in total. The Bertz CT molecular complexity index is 531. The number of nitrogens with zero attached hydrogens (tertiary/aromatic N) is 2. The molecule has 0 heterocycles. The van der Waals surface area contributed by atoms with Gasteiger partial charge in [0, 0.05) is 18.5 Å². The average molecular weight is 301 g/mol. The molecule has 0 aromatic heterocycles. The summed E-state index contributed by atoms with van der Waals surface area (Å²) in [5.74, 6) is 0.668. The predicted octanol–water partition coefficient (Wildman–Crippen LogP) is 3.67. The molecule has 1 fully saturated rings. The third-order valence-corrected chi connectivity index (χ3v) is 4.62. The zero-order valence-electron chi connectivity index (χ0n) is 15.0. The highest BCUT2D eigenvalue weighted by molar-refractivity contribution is 5.78. The number of aliphatic imine (C=N–C) groups is 1. The fraction of sp³-hybridized carbons (Fsp3) is 0.632. The van der Waals surface area contributed by atoms with Gasteiger partial charge in [-0.2, -0.15) is 0 Å². The molecular weight excluding hydrogens is 270 g/mol. The molecule has 0 atom stereocenters. The van der Waals surface area contributed by atoms with E-state index in [0.717, 1.165) is 0 Å². The van der Waals surface area contributed by atoms with E-state index in [0.29, 0.717) is 18.5 Å². The summed E-state index contributed by atoms with van der Waals surface area (Å²) in [6, 6.07) is 9.55. The van der Waals surface area contributed by atoms with Crippen LogP contribution in [0.5, 0.6) is 0 Å². The molecule has 1 aliphatic rings. The van der Waals surface area contributed by atoms with Gasteiger partial charge < -0.3 is 10.6 Å². The van der Waals surface area contributed by atoms with Crippen LogP contribution >= 0.6 is 0 Å². The highest BCUT2D eigenvalue weighted by Crippen LogP contribution is 2.28. The number of hydrogen-bond donors (Lipinski definition) is 1. The monoisotopic (exact) mass is 301 g/mol. The van der Waals surface area contributed by atoms with E-state index in [-0.39, 0.29) is 10.8 Å². The second-order valence-electron chi connectivity index (χ2n) is 8.23. The lowest BCUT2D eigenvalue weighted by Crippen LogP contribution is -2.37. The van der Waals surface area contributed by atoms with Crippen molar-refractivity contribution in [1.82, 2.24) is 4.90 Å². The average Bonchev–Trinajstić information content (AvgIpc) is 3.28. The second-order valence-corrected chi connectivity index (χ2v) is 8.23. The van der Waals surface area contributed by atoms with Crippen molar-refractivity contribution in [3.63, 3.8) is 0 Å². The molecule has 22 heavy (non-hydrogen) atoms. The quantitative estimate of drug-likeness (QED) is 0.681. The van der Waals surface area contributed by atoms with Gasteiger partial charge in [0.2, 0.25) is 0 Å². The normalized spacial score (nSPS) is 16.7. The van der Waals surface area contributed by atoms with Crippen LogP contribution < -0.4 is 5.73 Å². The molecule has 1 aromatic rings. The van der Waals surface area contributed by atoms with Crippen LogP contribution in [0.2, 0.25) is 0 Å². The Morgan fingerprint density at radius 1 is 1.09 bits per heavy atom. The summed E-state index contributed by atoms with van der Waals surface area (Å²) < 4.78 is 0. The minimum Gasteiger partial charge on any atom is -0.370 e. The number of hydrogen-bond acceptors (Lipinski definition) is 1. The third-order valence-electron chi connectivity index (χ3n) is 4.62. The third kappa shape index (κ3) is 4.02. The lowest BCUT2D eigenvalue weighted by Gasteiger charge is -2.26. The van der Waals surface area contributed by atoms with Crippen LogP contribution in [0.15, 0.2) is 29.3 Å². The standard InChI is InChI=1S/C19H31N3/c1-18(2,3)14-7-9-15(10-8-14)19(4,5)13-21-17(20)22(6)16-11-12-16/h7-10,16H,11-13H2,1-6H3,(H2,20,21). The topological polar surface area (TPSA) is 41.6 Å². The van der Waals surface area contributed by atoms with Crippen LogP contribution in [0.25, 0.3) is 0 Å². The molecule has 0 radical (unpaired) electrons. The predicted molar refractivity (Wildman–Crippen MR) is 95.4 cm³/mol. The molecule has 1 saturated carbocycles. The molecule has 0 aliphatic heterocycles. The minimum absolute atomic E-state index is 0.00851. The van der Waals surface area contributed by atoms with Crippen molar-refractivity contribution >= 4 is 5.96 Å². The first-order chi connectivity index (χ1) is 10.1. The van der Waals surface area contributed by atoms with Gasteiger partial charge >= 0.3 is 0 Å². The fourth-order valence-electron chi connectivity index (χ4n) is 2.55. The van der Waals surface area contributed by atoms with Crippen molar-refractivity contribution in [2.75, 3.05) is 13.6 Å². The largest absolute Gasteiger partial charge is 0.370 e. The molecular formula is C19H31N3. The van der Waals surface area contributed by atoms with Crippen molar-refractivity contribution in [3.8, 4) is 0 Å². The Balaban J connectivity index is 2.07. The maximum atomic E-state index is 6.10. The molecule has 1 aromatic carbocycles. The summed E-state index contributed by atoms with van der Waals surface area (Å²) in [6.07, 6.45) is 2.48. The first kappa shape index (κ1) is 16.9. The van der Waals surface area contributed by atoms with E-state index in [2.05, 4.69) is 68.8 Å². The molecule has 0 spiro atoms. The molecule has 2 N–H and O–H groups in total. The highest BCUT2D eigenvalue weighted by atomic mass is 15.3. The van der Waals surface area contributed by atoms with Crippen LogP contribution in [-0.2, 0) is 10.8 Å². The molecule has 3 heteroatoms. The summed E-state index contributed by atoms with van der Waals surface area (Å²) in [5, 5.41) is 0. The lowest BCUT2D eigenvalue weighted by atomic mass is 9.81. The first-order valence-corrected chi connectivity index (χ1v) is 8.25. The van der Waals surface area contributed by atoms with Gasteiger partial charge in [0.25, 0.3) is 0 Å². The Kier molecular flexibility index (Phi) is 4.55. The number of guanidine groups is 1. The van der Waals surface area contributed by atoms with E-state index >= 15 is 0 Å². The van der Waals surface area contributed by atoms with Gasteiger partial charge in [-0.3, -0.25) is 4.99 Å². The van der Waals surface area contributed by atoms with E-state index in [1.54, 1.807) is 0 Å². The van der Waals surface area contributed by atoms with Gasteiger partial charge in [0.1, 0.15) is 0 Å². The van der Waals surface area contributed by atoms with Crippen LogP contribution in [0.3, 0.4) is 0 Å². The molecule has 0 unspecified atom stereocenters. The highest BCUT2D eigenvalue weighted by Gasteiger charge is 2.28. The Morgan fingerprint density at radius 2 is 1.59 bits per heavy atom. The van der Waals surface area contributed by atoms with Crippen LogP contribution in [-0.4, -0.2) is 30.5 Å². The van der Waals surface area contributed by atoms with Gasteiger partial charge in [-0.15, -0.1) is 0 Å². The van der Waals surface area contributed by atoms with E-state index in [1.807, 2.05) is 7.05 Å². The maximum absolute atomic E-state index is 6.10. The fourth-order valence-corrected chi connectivity index (χ4v) is 2.55. The summed E-state index contributed by atoms with van der Waals surface area (Å²) in [7, 11) is 2.04. The number of rotatable bonds is 4. The number of nitrogens with two attached hydrogens (primary N) is 1. The van der Waals surface area contributed by atoms with Gasteiger partial charge in [-0.25, -0.2) is 0 Å². The Morgan fingerprint density at radius 3 is 2.05 bits per heavy atom. The van der Waals surface area contributed by atoms with Gasteiger partial charge in [-0.1, -0.05) is 58.9 Å². The van der Waals surface area contributed by atoms with E-state index in [9.17, 15) is 0 Å². The zero-order valence-corrected chi connectivity index (χ0v) is 15.0. The van der Waals surface area contributed by atoms with Crippen molar-refractivity contribution in [2.45, 2.75) is 64.3 Å². The van der Waals surface area contributed by atoms with Crippen molar-refractivity contribution in [3.05, 3.63) is 35.4 Å². The number of benzene rings is 1. The molecule has 0 bridgehead atoms. The van der Waals surface area contributed by atoms with Gasteiger partial charge in [0.05, 0.1) is 6.54 Å². The van der Waals surface area contributed by atoms with E-state index in [1.165, 1.54) is 24.0 Å². The maximum Gasteiger partial charge on any atom is 0.191 e. The SMILES string of the molecule is CN(C(N)=NCC(C)(C)c1ccc(C(C)(C)C)cc1)C1CC1. The summed E-state index contributed by atoms with van der Waals surface area (Å²) in [4.78, 5) is 6.73. The second kappa shape index (κ2) is 5.94.